The zero-order valence-electron chi connectivity index (χ0n) is 10.6. The van der Waals surface area contributed by atoms with Crippen molar-refractivity contribution in [2.75, 3.05) is 26.7 Å². The maximum absolute atomic E-state index is 11.9. The van der Waals surface area contributed by atoms with Crippen LogP contribution in [0.4, 0.5) is 0 Å². The van der Waals surface area contributed by atoms with Crippen molar-refractivity contribution in [3.63, 3.8) is 0 Å². The molecule has 2 heterocycles. The molecule has 2 saturated heterocycles. The lowest BCUT2D eigenvalue weighted by Gasteiger charge is -2.38. The van der Waals surface area contributed by atoms with Crippen LogP contribution in [0.5, 0.6) is 0 Å². The average Bonchev–Trinajstić information content (AvgIpc) is 2.58. The fourth-order valence-electron chi connectivity index (χ4n) is 2.79. The Morgan fingerprint density at radius 3 is 2.65 bits per heavy atom. The number of carbonyl (C=O) groups excluding carboxylic acids is 2. The highest BCUT2D eigenvalue weighted by atomic mass is 16.2. The largest absolute Gasteiger partial charge is 0.330 e. The van der Waals surface area contributed by atoms with Gasteiger partial charge in [0.1, 0.15) is 0 Å². The van der Waals surface area contributed by atoms with Gasteiger partial charge < -0.3 is 5.73 Å². The number of nitrogens with two attached hydrogens (primary N) is 1. The third-order valence-electron chi connectivity index (χ3n) is 4.25. The molecule has 5 heteroatoms. The number of nitrogens with zero attached hydrogens (tertiary/aromatic N) is 2. The van der Waals surface area contributed by atoms with Gasteiger partial charge in [0.15, 0.2) is 0 Å². The molecule has 96 valence electrons. The van der Waals surface area contributed by atoms with Crippen LogP contribution in [0.2, 0.25) is 0 Å². The molecule has 0 aromatic heterocycles. The molecule has 2 aliphatic rings. The van der Waals surface area contributed by atoms with Crippen LogP contribution in [0.15, 0.2) is 0 Å². The van der Waals surface area contributed by atoms with Gasteiger partial charge in [-0.3, -0.25) is 19.4 Å². The maximum atomic E-state index is 11.9. The summed E-state index contributed by atoms with van der Waals surface area (Å²) >= 11 is 0. The number of carbonyl (C=O) groups is 2. The van der Waals surface area contributed by atoms with Crippen LogP contribution < -0.4 is 5.73 Å². The molecule has 0 aromatic rings. The van der Waals surface area contributed by atoms with E-state index in [9.17, 15) is 9.59 Å². The predicted molar refractivity (Wildman–Crippen MR) is 64.1 cm³/mol. The summed E-state index contributed by atoms with van der Waals surface area (Å²) in [6.07, 6.45) is 1.39. The van der Waals surface area contributed by atoms with Crippen molar-refractivity contribution in [1.29, 1.82) is 0 Å². The number of hydrogen-bond acceptors (Lipinski definition) is 4. The van der Waals surface area contributed by atoms with Crippen molar-refractivity contribution in [2.45, 2.75) is 25.8 Å². The van der Waals surface area contributed by atoms with Gasteiger partial charge in [0.2, 0.25) is 11.8 Å². The number of rotatable bonds is 2. The summed E-state index contributed by atoms with van der Waals surface area (Å²) < 4.78 is 0. The average molecular weight is 239 g/mol. The van der Waals surface area contributed by atoms with E-state index < -0.39 is 0 Å². The summed E-state index contributed by atoms with van der Waals surface area (Å²) in [6, 6.07) is -0.242. The first-order valence-electron chi connectivity index (χ1n) is 6.29. The van der Waals surface area contributed by atoms with Crippen LogP contribution in [-0.2, 0) is 9.59 Å². The summed E-state index contributed by atoms with van der Waals surface area (Å²) in [5.41, 5.74) is 5.75. The zero-order chi connectivity index (χ0) is 12.6. The molecule has 2 fully saturated rings. The lowest BCUT2D eigenvalue weighted by atomic mass is 9.86. The van der Waals surface area contributed by atoms with Crippen LogP contribution >= 0.6 is 0 Å². The first-order chi connectivity index (χ1) is 8.04. The molecule has 0 radical (unpaired) electrons. The molecule has 3 unspecified atom stereocenters. The minimum Gasteiger partial charge on any atom is -0.330 e. The number of likely N-dealkylation sites (tertiary alicyclic amines) is 2. The lowest BCUT2D eigenvalue weighted by Crippen LogP contribution is -2.49. The molecule has 3 atom stereocenters. The third kappa shape index (κ3) is 2.21. The Morgan fingerprint density at radius 2 is 2.12 bits per heavy atom. The number of likely N-dealkylation sites (N-methyl/N-ethyl adjacent to an activating group) is 1. The summed E-state index contributed by atoms with van der Waals surface area (Å²) in [7, 11) is 1.57. The third-order valence-corrected chi connectivity index (χ3v) is 4.25. The van der Waals surface area contributed by atoms with Gasteiger partial charge in [-0.15, -0.1) is 0 Å². The van der Waals surface area contributed by atoms with Gasteiger partial charge in [-0.25, -0.2) is 0 Å². The zero-order valence-corrected chi connectivity index (χ0v) is 10.6. The van der Waals surface area contributed by atoms with E-state index >= 15 is 0 Å². The van der Waals surface area contributed by atoms with E-state index in [0.29, 0.717) is 24.8 Å². The highest BCUT2D eigenvalue weighted by Gasteiger charge is 2.41. The SMILES string of the molecule is CC1CCN(C2CC(=O)N(C)C2=O)CC1CN. The normalized spacial score (nSPS) is 35.7. The fourth-order valence-corrected chi connectivity index (χ4v) is 2.79. The molecule has 2 amide bonds. The minimum absolute atomic E-state index is 0.0553. The fraction of sp³-hybridized carbons (Fsp3) is 0.833. The van der Waals surface area contributed by atoms with Gasteiger partial charge >= 0.3 is 0 Å². The summed E-state index contributed by atoms with van der Waals surface area (Å²) in [5.74, 6) is 0.932. The van der Waals surface area contributed by atoms with Gasteiger partial charge in [0.05, 0.1) is 12.5 Å². The van der Waals surface area contributed by atoms with E-state index in [1.807, 2.05) is 0 Å². The molecule has 0 aromatic carbocycles. The van der Waals surface area contributed by atoms with Crippen LogP contribution in [0.3, 0.4) is 0 Å². The summed E-state index contributed by atoms with van der Waals surface area (Å²) in [4.78, 5) is 26.8. The molecule has 0 aliphatic carbocycles. The molecule has 0 spiro atoms. The maximum Gasteiger partial charge on any atom is 0.246 e. The molecular formula is C12H21N3O2. The molecule has 0 saturated carbocycles. The Bertz CT molecular complexity index is 332. The Labute approximate surface area is 102 Å². The van der Waals surface area contributed by atoms with E-state index in [4.69, 9.17) is 5.73 Å². The van der Waals surface area contributed by atoms with E-state index in [-0.39, 0.29) is 17.9 Å². The molecule has 2 aliphatic heterocycles. The minimum atomic E-state index is -0.242. The second-order valence-electron chi connectivity index (χ2n) is 5.27. The second kappa shape index (κ2) is 4.74. The number of amides is 2. The molecule has 2 N–H and O–H groups in total. The number of hydrogen-bond donors (Lipinski definition) is 1. The standard InChI is InChI=1S/C12H21N3O2/c1-8-3-4-15(7-9(8)6-13)10-5-11(16)14(2)12(10)17/h8-10H,3-7,13H2,1-2H3. The molecule has 0 bridgehead atoms. The Hall–Kier alpha value is -0.940. The van der Waals surface area contributed by atoms with Gasteiger partial charge in [-0.1, -0.05) is 6.92 Å². The summed E-state index contributed by atoms with van der Waals surface area (Å²) in [5, 5.41) is 0. The number of imide groups is 1. The van der Waals surface area contributed by atoms with Crippen LogP contribution in [-0.4, -0.2) is 54.3 Å². The van der Waals surface area contributed by atoms with Crippen LogP contribution in [0.25, 0.3) is 0 Å². The molecule has 2 rings (SSSR count). The van der Waals surface area contributed by atoms with Gasteiger partial charge in [0.25, 0.3) is 0 Å². The first-order valence-corrected chi connectivity index (χ1v) is 6.29. The van der Waals surface area contributed by atoms with Gasteiger partial charge in [0, 0.05) is 13.6 Å². The van der Waals surface area contributed by atoms with E-state index in [0.717, 1.165) is 19.5 Å². The first kappa shape index (κ1) is 12.5. The van der Waals surface area contributed by atoms with Crippen LogP contribution in [0.1, 0.15) is 19.8 Å². The Balaban J connectivity index is 2.04. The Kier molecular flexibility index (Phi) is 3.49. The van der Waals surface area contributed by atoms with Crippen molar-refractivity contribution in [2.24, 2.45) is 17.6 Å². The number of piperidine rings is 1. The monoisotopic (exact) mass is 239 g/mol. The van der Waals surface area contributed by atoms with Crippen molar-refractivity contribution >= 4 is 11.8 Å². The Morgan fingerprint density at radius 1 is 1.41 bits per heavy atom. The highest BCUT2D eigenvalue weighted by Crippen LogP contribution is 2.27. The molecular weight excluding hydrogens is 218 g/mol. The summed E-state index contributed by atoms with van der Waals surface area (Å²) in [6.45, 7) is 4.61. The molecule has 5 nitrogen and oxygen atoms in total. The van der Waals surface area contributed by atoms with Crippen molar-refractivity contribution in [1.82, 2.24) is 9.80 Å². The van der Waals surface area contributed by atoms with Crippen LogP contribution in [0, 0.1) is 11.8 Å². The van der Waals surface area contributed by atoms with E-state index in [1.165, 1.54) is 4.90 Å². The van der Waals surface area contributed by atoms with Gasteiger partial charge in [-0.05, 0) is 31.3 Å². The molecule has 17 heavy (non-hydrogen) atoms. The van der Waals surface area contributed by atoms with Crippen molar-refractivity contribution in [3.05, 3.63) is 0 Å². The topological polar surface area (TPSA) is 66.6 Å². The smallest absolute Gasteiger partial charge is 0.246 e. The highest BCUT2D eigenvalue weighted by molar-refractivity contribution is 6.05. The van der Waals surface area contributed by atoms with E-state index in [2.05, 4.69) is 11.8 Å². The van der Waals surface area contributed by atoms with Gasteiger partial charge in [-0.2, -0.15) is 0 Å². The van der Waals surface area contributed by atoms with Crippen molar-refractivity contribution < 1.29 is 9.59 Å². The lowest BCUT2D eigenvalue weighted by molar-refractivity contribution is -0.138. The van der Waals surface area contributed by atoms with E-state index in [1.54, 1.807) is 7.05 Å². The predicted octanol–water partition coefficient (Wildman–Crippen LogP) is -0.340. The van der Waals surface area contributed by atoms with Crippen molar-refractivity contribution in [3.8, 4) is 0 Å². The second-order valence-corrected chi connectivity index (χ2v) is 5.27. The quantitative estimate of drug-likeness (QED) is 0.670.